The van der Waals surface area contributed by atoms with E-state index in [0.717, 1.165) is 16.3 Å². The summed E-state index contributed by atoms with van der Waals surface area (Å²) in [4.78, 5) is 29.5. The van der Waals surface area contributed by atoms with Crippen molar-refractivity contribution in [2.24, 2.45) is 0 Å². The van der Waals surface area contributed by atoms with Gasteiger partial charge in [-0.3, -0.25) is 14.2 Å². The van der Waals surface area contributed by atoms with Crippen molar-refractivity contribution in [3.05, 3.63) is 82.5 Å². The summed E-state index contributed by atoms with van der Waals surface area (Å²) in [5.41, 5.74) is 0.812. The van der Waals surface area contributed by atoms with Crippen LogP contribution in [-0.2, 0) is 16.8 Å². The molecule has 4 aromatic rings. The fraction of sp³-hybridized carbons (Fsp3) is 0.217. The molecule has 0 atom stereocenters. The molecule has 0 bridgehead atoms. The second-order valence-corrected chi connectivity index (χ2v) is 8.44. The highest BCUT2D eigenvalue weighted by Gasteiger charge is 2.22. The van der Waals surface area contributed by atoms with E-state index in [0.29, 0.717) is 17.0 Å². The largest absolute Gasteiger partial charge is 0.309 e. The third-order valence-electron chi connectivity index (χ3n) is 4.92. The van der Waals surface area contributed by atoms with Crippen LogP contribution in [-0.4, -0.2) is 25.2 Å². The summed E-state index contributed by atoms with van der Waals surface area (Å²) >= 11 is 0. The fourth-order valence-corrected chi connectivity index (χ4v) is 3.20. The molecule has 7 nitrogen and oxygen atoms in total. The van der Waals surface area contributed by atoms with Crippen LogP contribution in [0.25, 0.3) is 16.6 Å². The summed E-state index contributed by atoms with van der Waals surface area (Å²) in [7, 11) is 0. The molecule has 32 heavy (non-hydrogen) atoms. The predicted molar refractivity (Wildman–Crippen MR) is 117 cm³/mol. The van der Waals surface area contributed by atoms with Crippen molar-refractivity contribution in [1.82, 2.24) is 19.3 Å². The highest BCUT2D eigenvalue weighted by Crippen LogP contribution is 2.26. The van der Waals surface area contributed by atoms with Gasteiger partial charge in [0, 0.05) is 11.5 Å². The van der Waals surface area contributed by atoms with Gasteiger partial charge in [-0.25, -0.2) is 18.4 Å². The van der Waals surface area contributed by atoms with Crippen molar-refractivity contribution in [1.29, 1.82) is 0 Å². The van der Waals surface area contributed by atoms with Gasteiger partial charge in [0.25, 0.3) is 5.56 Å². The molecule has 0 radical (unpaired) electrons. The molecule has 1 amide bonds. The van der Waals surface area contributed by atoms with Gasteiger partial charge in [0.2, 0.25) is 5.91 Å². The molecule has 0 spiro atoms. The van der Waals surface area contributed by atoms with E-state index in [4.69, 9.17) is 0 Å². The third-order valence-corrected chi connectivity index (χ3v) is 4.92. The molecule has 0 saturated heterocycles. The molecule has 4 rings (SSSR count). The first-order chi connectivity index (χ1) is 15.1. The van der Waals surface area contributed by atoms with Crippen LogP contribution in [0.2, 0.25) is 0 Å². The summed E-state index contributed by atoms with van der Waals surface area (Å²) in [5, 5.41) is 7.41. The average Bonchev–Trinajstić information content (AvgIpc) is 3.15. The lowest BCUT2D eigenvalue weighted by Crippen LogP contribution is -2.28. The molecular formula is C23H21F2N5O2. The Bertz CT molecular complexity index is 1370. The van der Waals surface area contributed by atoms with Crippen LogP contribution in [0.3, 0.4) is 0 Å². The molecule has 0 aliphatic heterocycles. The maximum atomic E-state index is 13.5. The molecule has 2 aromatic heterocycles. The maximum Gasteiger partial charge on any atom is 0.261 e. The summed E-state index contributed by atoms with van der Waals surface area (Å²) in [6.07, 6.45) is 1.25. The van der Waals surface area contributed by atoms with E-state index in [1.54, 1.807) is 18.2 Å². The highest BCUT2D eigenvalue weighted by atomic mass is 19.1. The lowest BCUT2D eigenvalue weighted by molar-refractivity contribution is -0.116. The van der Waals surface area contributed by atoms with Crippen molar-refractivity contribution >= 4 is 22.6 Å². The summed E-state index contributed by atoms with van der Waals surface area (Å²) in [6.45, 7) is 5.62. The molecular weight excluding hydrogens is 416 g/mol. The SMILES string of the molecule is CC(C)(C)c1cc(NC(=O)Cn2cnc3ccc(F)cc3c2=O)n(-c2ccc(F)cc2)n1. The molecule has 0 unspecified atom stereocenters. The number of halogens is 2. The number of nitrogens with zero attached hydrogens (tertiary/aromatic N) is 4. The van der Waals surface area contributed by atoms with Gasteiger partial charge >= 0.3 is 0 Å². The highest BCUT2D eigenvalue weighted by molar-refractivity contribution is 5.90. The average molecular weight is 437 g/mol. The number of fused-ring (bicyclic) bond motifs is 1. The molecule has 0 aliphatic rings. The van der Waals surface area contributed by atoms with Gasteiger partial charge in [-0.15, -0.1) is 0 Å². The van der Waals surface area contributed by atoms with Crippen molar-refractivity contribution in [2.75, 3.05) is 5.32 Å². The Morgan fingerprint density at radius 2 is 1.72 bits per heavy atom. The van der Waals surface area contributed by atoms with Crippen LogP contribution in [0.1, 0.15) is 26.5 Å². The molecule has 164 valence electrons. The Balaban J connectivity index is 1.65. The van der Waals surface area contributed by atoms with E-state index in [2.05, 4.69) is 15.4 Å². The van der Waals surface area contributed by atoms with E-state index in [-0.39, 0.29) is 23.2 Å². The summed E-state index contributed by atoms with van der Waals surface area (Å²) in [5.74, 6) is -1.06. The van der Waals surface area contributed by atoms with Crippen LogP contribution in [0.15, 0.2) is 59.7 Å². The molecule has 0 saturated carbocycles. The maximum absolute atomic E-state index is 13.5. The number of aromatic nitrogens is 4. The van der Waals surface area contributed by atoms with Crippen molar-refractivity contribution in [3.63, 3.8) is 0 Å². The second-order valence-electron chi connectivity index (χ2n) is 8.44. The molecule has 2 heterocycles. The number of benzene rings is 2. The molecule has 0 fully saturated rings. The van der Waals surface area contributed by atoms with Crippen LogP contribution in [0.5, 0.6) is 0 Å². The van der Waals surface area contributed by atoms with Gasteiger partial charge in [0.05, 0.1) is 28.6 Å². The van der Waals surface area contributed by atoms with Crippen LogP contribution >= 0.6 is 0 Å². The number of hydrogen-bond acceptors (Lipinski definition) is 4. The predicted octanol–water partition coefficient (Wildman–Crippen LogP) is 3.80. The summed E-state index contributed by atoms with van der Waals surface area (Å²) < 4.78 is 29.5. The minimum absolute atomic E-state index is 0.0895. The number of nitrogens with one attached hydrogen (secondary N) is 1. The van der Waals surface area contributed by atoms with Crippen molar-refractivity contribution < 1.29 is 13.6 Å². The Kier molecular flexibility index (Phi) is 5.33. The number of carbonyl (C=O) groups excluding carboxylic acids is 1. The van der Waals surface area contributed by atoms with Gasteiger partial charge in [-0.05, 0) is 42.5 Å². The van der Waals surface area contributed by atoms with Crippen molar-refractivity contribution in [3.8, 4) is 5.69 Å². The zero-order valence-electron chi connectivity index (χ0n) is 17.8. The molecule has 0 aliphatic carbocycles. The summed E-state index contributed by atoms with van der Waals surface area (Å²) in [6, 6.07) is 11.2. The minimum Gasteiger partial charge on any atom is -0.309 e. The van der Waals surface area contributed by atoms with Crippen LogP contribution in [0, 0.1) is 11.6 Å². The van der Waals surface area contributed by atoms with Gasteiger partial charge in [0.15, 0.2) is 0 Å². The topological polar surface area (TPSA) is 81.8 Å². The van der Waals surface area contributed by atoms with Gasteiger partial charge in [-0.2, -0.15) is 5.10 Å². The Morgan fingerprint density at radius 3 is 2.41 bits per heavy atom. The number of amides is 1. The van der Waals surface area contributed by atoms with Gasteiger partial charge in [0.1, 0.15) is 24.0 Å². The van der Waals surface area contributed by atoms with E-state index >= 15 is 0 Å². The Labute approximate surface area is 182 Å². The Morgan fingerprint density at radius 1 is 1.03 bits per heavy atom. The van der Waals surface area contributed by atoms with E-state index < -0.39 is 17.3 Å². The fourth-order valence-electron chi connectivity index (χ4n) is 3.20. The Hall–Kier alpha value is -3.88. The quantitative estimate of drug-likeness (QED) is 0.527. The zero-order chi connectivity index (χ0) is 23.0. The normalized spacial score (nSPS) is 11.7. The molecule has 1 N–H and O–H groups in total. The first-order valence-corrected chi connectivity index (χ1v) is 9.93. The molecule has 9 heteroatoms. The van der Waals surface area contributed by atoms with Crippen LogP contribution in [0.4, 0.5) is 14.6 Å². The van der Waals surface area contributed by atoms with Crippen molar-refractivity contribution in [2.45, 2.75) is 32.7 Å². The number of carbonyl (C=O) groups is 1. The standard InChI is InChI=1S/C23H21F2N5O2/c1-23(2,3)19-11-20(30(28-19)16-7-4-14(24)5-8-16)27-21(31)12-29-13-26-18-9-6-15(25)10-17(18)22(29)32/h4-11,13H,12H2,1-3H3,(H,27,31). The van der Waals surface area contributed by atoms with Crippen LogP contribution < -0.4 is 10.9 Å². The molecule has 2 aromatic carbocycles. The lowest BCUT2D eigenvalue weighted by Gasteiger charge is -2.14. The smallest absolute Gasteiger partial charge is 0.261 e. The lowest BCUT2D eigenvalue weighted by atomic mass is 9.92. The number of hydrogen-bond donors (Lipinski definition) is 1. The number of rotatable bonds is 4. The number of anilines is 1. The third kappa shape index (κ3) is 4.27. The first-order valence-electron chi connectivity index (χ1n) is 9.93. The zero-order valence-corrected chi connectivity index (χ0v) is 17.8. The second kappa shape index (κ2) is 7.99. The van der Waals surface area contributed by atoms with E-state index in [1.165, 1.54) is 35.3 Å². The van der Waals surface area contributed by atoms with Gasteiger partial charge in [-0.1, -0.05) is 20.8 Å². The van der Waals surface area contributed by atoms with E-state index in [1.807, 2.05) is 20.8 Å². The minimum atomic E-state index is -0.559. The van der Waals surface area contributed by atoms with E-state index in [9.17, 15) is 18.4 Å². The van der Waals surface area contributed by atoms with Gasteiger partial charge < -0.3 is 5.32 Å². The first kappa shape index (κ1) is 21.4. The monoisotopic (exact) mass is 437 g/mol.